The van der Waals surface area contributed by atoms with Crippen molar-refractivity contribution in [1.82, 2.24) is 9.97 Å². The fraction of sp³-hybridized carbons (Fsp3) is 0.111. The van der Waals surface area contributed by atoms with Crippen LogP contribution in [0.2, 0.25) is 0 Å². The maximum Gasteiger partial charge on any atom is 0.205 e. The summed E-state index contributed by atoms with van der Waals surface area (Å²) >= 11 is 8.92. The lowest BCUT2D eigenvalue weighted by Gasteiger charge is -2.22. The molecule has 0 saturated carbocycles. The topological polar surface area (TPSA) is 47.1 Å². The molecule has 4 nitrogen and oxygen atoms in total. The Morgan fingerprint density at radius 2 is 2.04 bits per heavy atom. The van der Waals surface area contributed by atoms with E-state index in [1.54, 1.807) is 19.2 Å². The van der Waals surface area contributed by atoms with Crippen LogP contribution in [0.4, 0.5) is 4.39 Å². The van der Waals surface area contributed by atoms with Gasteiger partial charge in [0.2, 0.25) is 5.88 Å². The number of H-pyrrole nitrogens is 1. The Bertz CT molecular complexity index is 1030. The third-order valence-electron chi connectivity index (χ3n) is 3.98. The molecule has 126 valence electrons. The summed E-state index contributed by atoms with van der Waals surface area (Å²) in [7, 11) is 1.60. The Morgan fingerprint density at radius 1 is 1.28 bits per heavy atom. The summed E-state index contributed by atoms with van der Waals surface area (Å²) in [6, 6.07) is 9.87. The smallest absolute Gasteiger partial charge is 0.205 e. The van der Waals surface area contributed by atoms with Crippen molar-refractivity contribution in [2.75, 3.05) is 7.11 Å². The van der Waals surface area contributed by atoms with Crippen LogP contribution in [-0.4, -0.2) is 17.1 Å². The number of halogens is 2. The summed E-state index contributed by atoms with van der Waals surface area (Å²) in [6.45, 7) is 0. The minimum atomic E-state index is -0.305. The number of aromatic nitrogens is 2. The molecule has 0 atom stereocenters. The van der Waals surface area contributed by atoms with Crippen molar-refractivity contribution in [2.45, 2.75) is 6.42 Å². The Balaban J connectivity index is 1.83. The van der Waals surface area contributed by atoms with E-state index in [0.717, 1.165) is 21.2 Å². The highest BCUT2D eigenvalue weighted by atomic mass is 79.9. The van der Waals surface area contributed by atoms with Gasteiger partial charge in [0.05, 0.1) is 12.7 Å². The van der Waals surface area contributed by atoms with E-state index < -0.39 is 0 Å². The van der Waals surface area contributed by atoms with Gasteiger partial charge in [-0.15, -0.1) is 0 Å². The first kappa shape index (κ1) is 16.2. The lowest BCUT2D eigenvalue weighted by molar-refractivity contribution is 0.365. The lowest BCUT2D eigenvalue weighted by atomic mass is 10.0. The van der Waals surface area contributed by atoms with Gasteiger partial charge in [-0.3, -0.25) is 0 Å². The summed E-state index contributed by atoms with van der Waals surface area (Å²) in [4.78, 5) is 7.60. The molecule has 1 N–H and O–H groups in total. The Morgan fingerprint density at radius 3 is 2.76 bits per heavy atom. The average Bonchev–Trinajstić information content (AvgIpc) is 2.60. The van der Waals surface area contributed by atoms with Crippen LogP contribution >= 0.6 is 28.1 Å². The van der Waals surface area contributed by atoms with Gasteiger partial charge in [-0.1, -0.05) is 28.1 Å². The van der Waals surface area contributed by atoms with Crippen LogP contribution in [0, 0.1) is 10.5 Å². The molecule has 4 rings (SSSR count). The maximum atomic E-state index is 13.1. The Kier molecular flexibility index (Phi) is 4.05. The number of ether oxygens (including phenoxy) is 2. The van der Waals surface area contributed by atoms with Gasteiger partial charge in [-0.25, -0.2) is 9.37 Å². The van der Waals surface area contributed by atoms with Gasteiger partial charge in [-0.05, 0) is 36.4 Å². The predicted molar refractivity (Wildman–Crippen MR) is 98.4 cm³/mol. The third-order valence-corrected chi connectivity index (χ3v) is 4.78. The van der Waals surface area contributed by atoms with Gasteiger partial charge in [0.25, 0.3) is 0 Å². The third kappa shape index (κ3) is 2.94. The highest BCUT2D eigenvalue weighted by Crippen LogP contribution is 2.43. The predicted octanol–water partition coefficient (Wildman–Crippen LogP) is 5.41. The monoisotopic (exact) mass is 418 g/mol. The molecular formula is C18H12BrFN2O2S. The van der Waals surface area contributed by atoms with Crippen molar-refractivity contribution in [3.8, 4) is 28.8 Å². The second kappa shape index (κ2) is 6.24. The Labute approximate surface area is 156 Å². The van der Waals surface area contributed by atoms with Crippen LogP contribution in [0.1, 0.15) is 11.1 Å². The fourth-order valence-corrected chi connectivity index (χ4v) is 3.52. The van der Waals surface area contributed by atoms with Crippen molar-refractivity contribution in [3.05, 3.63) is 62.5 Å². The van der Waals surface area contributed by atoms with E-state index in [2.05, 4.69) is 25.9 Å². The van der Waals surface area contributed by atoms with Crippen LogP contribution < -0.4 is 9.47 Å². The molecule has 0 unspecified atom stereocenters. The molecule has 7 heteroatoms. The first-order chi connectivity index (χ1) is 12.0. The summed E-state index contributed by atoms with van der Waals surface area (Å²) in [5.74, 6) is 2.05. The van der Waals surface area contributed by atoms with E-state index in [1.807, 2.05) is 12.1 Å². The second-order valence-electron chi connectivity index (χ2n) is 5.58. The van der Waals surface area contributed by atoms with Crippen molar-refractivity contribution in [2.24, 2.45) is 0 Å². The largest absolute Gasteiger partial charge is 0.493 e. The SMILES string of the molecule is COc1cc(Br)cc2c1Oc1[nH]c(-c3ccc(F)cc3)nc(=S)c1C2. The normalized spacial score (nSPS) is 12.1. The number of nitrogens with zero attached hydrogens (tertiary/aromatic N) is 1. The molecule has 1 aliphatic rings. The van der Waals surface area contributed by atoms with Crippen LogP contribution in [0.25, 0.3) is 11.4 Å². The molecule has 0 bridgehead atoms. The summed E-state index contributed by atoms with van der Waals surface area (Å²) in [5, 5.41) is 0. The van der Waals surface area contributed by atoms with Crippen LogP contribution in [0.3, 0.4) is 0 Å². The molecule has 25 heavy (non-hydrogen) atoms. The van der Waals surface area contributed by atoms with Gasteiger partial charge in [0.15, 0.2) is 11.5 Å². The van der Waals surface area contributed by atoms with Gasteiger partial charge < -0.3 is 14.5 Å². The molecule has 3 aromatic rings. The molecule has 0 aliphatic carbocycles. The quantitative estimate of drug-likeness (QED) is 0.442. The number of aromatic amines is 1. The molecule has 1 aliphatic heterocycles. The molecule has 2 heterocycles. The van der Waals surface area contributed by atoms with Crippen LogP contribution in [-0.2, 0) is 6.42 Å². The highest BCUT2D eigenvalue weighted by molar-refractivity contribution is 9.10. The standard InChI is InChI=1S/C18H12BrFN2O2S/c1-23-14-8-11(19)6-10-7-13-17(24-15(10)14)21-16(22-18(13)25)9-2-4-12(20)5-3-9/h2-6,8H,7H2,1H3,(H,21,22,25). The zero-order valence-corrected chi connectivity index (χ0v) is 15.5. The molecule has 1 aromatic heterocycles. The molecule has 0 radical (unpaired) electrons. The van der Waals surface area contributed by atoms with E-state index in [-0.39, 0.29) is 5.82 Å². The molecule has 0 amide bonds. The van der Waals surface area contributed by atoms with E-state index in [1.165, 1.54) is 12.1 Å². The average molecular weight is 419 g/mol. The highest BCUT2D eigenvalue weighted by Gasteiger charge is 2.24. The maximum absolute atomic E-state index is 13.1. The number of fused-ring (bicyclic) bond motifs is 2. The zero-order chi connectivity index (χ0) is 17.6. The number of hydrogen-bond donors (Lipinski definition) is 1. The number of benzene rings is 2. The summed E-state index contributed by atoms with van der Waals surface area (Å²) in [5.41, 5.74) is 2.51. The van der Waals surface area contributed by atoms with E-state index in [0.29, 0.717) is 34.3 Å². The molecule has 0 saturated heterocycles. The van der Waals surface area contributed by atoms with Crippen LogP contribution in [0.15, 0.2) is 40.9 Å². The molecule has 2 aromatic carbocycles. The number of hydrogen-bond acceptors (Lipinski definition) is 4. The minimum absolute atomic E-state index is 0.305. The molecule has 0 spiro atoms. The van der Waals surface area contributed by atoms with Crippen LogP contribution in [0.5, 0.6) is 17.4 Å². The fourth-order valence-electron chi connectivity index (χ4n) is 2.78. The number of methoxy groups -OCH3 is 1. The molecular weight excluding hydrogens is 407 g/mol. The summed E-state index contributed by atoms with van der Waals surface area (Å²) < 4.78 is 26.0. The zero-order valence-electron chi connectivity index (χ0n) is 13.1. The van der Waals surface area contributed by atoms with E-state index in [9.17, 15) is 4.39 Å². The number of nitrogens with one attached hydrogen (secondary N) is 1. The summed E-state index contributed by atoms with van der Waals surface area (Å²) in [6.07, 6.45) is 0.590. The minimum Gasteiger partial charge on any atom is -0.493 e. The van der Waals surface area contributed by atoms with Gasteiger partial charge in [-0.2, -0.15) is 0 Å². The van der Waals surface area contributed by atoms with E-state index >= 15 is 0 Å². The lowest BCUT2D eigenvalue weighted by Crippen LogP contribution is -2.09. The molecule has 0 fully saturated rings. The second-order valence-corrected chi connectivity index (χ2v) is 6.88. The van der Waals surface area contributed by atoms with Gasteiger partial charge >= 0.3 is 0 Å². The van der Waals surface area contributed by atoms with Gasteiger partial charge in [0.1, 0.15) is 16.3 Å². The number of rotatable bonds is 2. The van der Waals surface area contributed by atoms with Crippen molar-refractivity contribution in [3.63, 3.8) is 0 Å². The van der Waals surface area contributed by atoms with E-state index in [4.69, 9.17) is 21.7 Å². The van der Waals surface area contributed by atoms with Crippen molar-refractivity contribution in [1.29, 1.82) is 0 Å². The van der Waals surface area contributed by atoms with Gasteiger partial charge in [0, 0.05) is 22.0 Å². The Hall–Kier alpha value is -2.25. The van der Waals surface area contributed by atoms with Crippen molar-refractivity contribution < 1.29 is 13.9 Å². The first-order valence-electron chi connectivity index (χ1n) is 7.48. The first-order valence-corrected chi connectivity index (χ1v) is 8.68. The van der Waals surface area contributed by atoms with Crippen molar-refractivity contribution >= 4 is 28.1 Å².